The molecule has 0 atom stereocenters. The van der Waals surface area contributed by atoms with Crippen molar-refractivity contribution < 1.29 is 14.3 Å². The van der Waals surface area contributed by atoms with Crippen LogP contribution in [0.4, 0.5) is 20.7 Å². The number of halogens is 1. The number of carbonyl (C=O) groups is 1. The zero-order valence-corrected chi connectivity index (χ0v) is 12.2. The summed E-state index contributed by atoms with van der Waals surface area (Å²) in [7, 11) is 0. The van der Waals surface area contributed by atoms with Gasteiger partial charge in [-0.05, 0) is 36.1 Å². The van der Waals surface area contributed by atoms with Crippen molar-refractivity contribution >= 4 is 28.4 Å². The number of hydrogen-bond donors (Lipinski definition) is 3. The summed E-state index contributed by atoms with van der Waals surface area (Å²) < 4.78 is 14.4. The number of fused-ring (bicyclic) bond motifs is 1. The molecule has 0 aliphatic carbocycles. The van der Waals surface area contributed by atoms with Gasteiger partial charge in [0, 0.05) is 28.9 Å². The first-order valence-corrected chi connectivity index (χ1v) is 6.75. The summed E-state index contributed by atoms with van der Waals surface area (Å²) in [6.07, 6.45) is 3.26. The number of amides is 1. The van der Waals surface area contributed by atoms with Crippen LogP contribution >= 0.6 is 0 Å². The number of rotatable bonds is 2. The Balaban J connectivity index is 2.19. The zero-order valence-electron chi connectivity index (χ0n) is 12.2. The van der Waals surface area contributed by atoms with Crippen molar-refractivity contribution in [3.8, 4) is 11.1 Å². The van der Waals surface area contributed by atoms with E-state index in [0.29, 0.717) is 27.6 Å². The van der Waals surface area contributed by atoms with Gasteiger partial charge in [-0.1, -0.05) is 0 Å². The topological polar surface area (TPSA) is 101 Å². The number of aromatic nitrogens is 2. The van der Waals surface area contributed by atoms with E-state index in [1.165, 1.54) is 18.5 Å². The van der Waals surface area contributed by atoms with Gasteiger partial charge in [0.1, 0.15) is 11.6 Å². The third-order valence-electron chi connectivity index (χ3n) is 3.59. The van der Waals surface area contributed by atoms with Gasteiger partial charge in [0.25, 0.3) is 0 Å². The number of anilines is 2. The molecule has 0 saturated heterocycles. The monoisotopic (exact) mass is 312 g/mol. The van der Waals surface area contributed by atoms with E-state index >= 15 is 0 Å². The second kappa shape index (κ2) is 5.53. The lowest BCUT2D eigenvalue weighted by Crippen LogP contribution is -2.08. The average molecular weight is 312 g/mol. The molecular formula is C16H13FN4O2. The molecule has 0 aliphatic rings. The summed E-state index contributed by atoms with van der Waals surface area (Å²) in [5, 5.41) is 12.1. The number of hydrogen-bond acceptors (Lipinski definition) is 4. The Morgan fingerprint density at radius 1 is 1.17 bits per heavy atom. The second-order valence-corrected chi connectivity index (χ2v) is 5.08. The van der Waals surface area contributed by atoms with Gasteiger partial charge in [-0.15, -0.1) is 0 Å². The number of nitrogens with two attached hydrogens (primary N) is 1. The van der Waals surface area contributed by atoms with Gasteiger partial charge < -0.3 is 10.8 Å². The van der Waals surface area contributed by atoms with Crippen LogP contribution in [0.25, 0.3) is 21.9 Å². The molecule has 1 amide bonds. The van der Waals surface area contributed by atoms with E-state index in [1.807, 2.05) is 0 Å². The van der Waals surface area contributed by atoms with Crippen molar-refractivity contribution in [1.82, 2.24) is 9.97 Å². The molecule has 0 spiro atoms. The highest BCUT2D eigenvalue weighted by atomic mass is 19.1. The molecule has 0 fully saturated rings. The molecule has 6 nitrogen and oxygen atoms in total. The van der Waals surface area contributed by atoms with E-state index in [0.717, 1.165) is 5.56 Å². The normalized spacial score (nSPS) is 10.7. The second-order valence-electron chi connectivity index (χ2n) is 5.08. The minimum Gasteiger partial charge on any atom is -0.465 e. The van der Waals surface area contributed by atoms with Gasteiger partial charge in [0.2, 0.25) is 0 Å². The Hall–Kier alpha value is -3.22. The van der Waals surface area contributed by atoms with Crippen LogP contribution in [0.3, 0.4) is 0 Å². The van der Waals surface area contributed by atoms with Crippen LogP contribution in [0.1, 0.15) is 5.56 Å². The van der Waals surface area contributed by atoms with Crippen molar-refractivity contribution in [1.29, 1.82) is 0 Å². The number of nitrogens with one attached hydrogen (secondary N) is 1. The van der Waals surface area contributed by atoms with Gasteiger partial charge in [0.05, 0.1) is 11.9 Å². The molecular weight excluding hydrogens is 299 g/mol. The minimum absolute atomic E-state index is 0.171. The van der Waals surface area contributed by atoms with E-state index in [9.17, 15) is 9.18 Å². The minimum atomic E-state index is -1.21. The van der Waals surface area contributed by atoms with Gasteiger partial charge in [0.15, 0.2) is 0 Å². The molecule has 2 aromatic heterocycles. The molecule has 1 aromatic carbocycles. The zero-order chi connectivity index (χ0) is 16.6. The van der Waals surface area contributed by atoms with Crippen LogP contribution in [0, 0.1) is 12.7 Å². The predicted molar refractivity (Wildman–Crippen MR) is 85.7 cm³/mol. The number of benzene rings is 1. The Kier molecular flexibility index (Phi) is 3.53. The average Bonchev–Trinajstić information content (AvgIpc) is 2.49. The molecule has 0 radical (unpaired) electrons. The van der Waals surface area contributed by atoms with Crippen LogP contribution in [0.2, 0.25) is 0 Å². The Morgan fingerprint density at radius 3 is 2.70 bits per heavy atom. The summed E-state index contributed by atoms with van der Waals surface area (Å²) in [6, 6.07) is 4.52. The third-order valence-corrected chi connectivity index (χ3v) is 3.59. The molecule has 4 N–H and O–H groups in total. The molecule has 23 heavy (non-hydrogen) atoms. The molecule has 2 heterocycles. The summed E-state index contributed by atoms with van der Waals surface area (Å²) in [4.78, 5) is 18.6. The highest BCUT2D eigenvalue weighted by Gasteiger charge is 2.12. The van der Waals surface area contributed by atoms with Crippen molar-refractivity contribution in [2.24, 2.45) is 0 Å². The largest absolute Gasteiger partial charge is 0.465 e. The van der Waals surface area contributed by atoms with Crippen LogP contribution in [0.5, 0.6) is 0 Å². The highest BCUT2D eigenvalue weighted by Crippen LogP contribution is 2.31. The first-order chi connectivity index (χ1) is 11.0. The molecule has 3 rings (SSSR count). The van der Waals surface area contributed by atoms with E-state index in [4.69, 9.17) is 10.8 Å². The van der Waals surface area contributed by atoms with Crippen LogP contribution in [-0.4, -0.2) is 21.2 Å². The maximum Gasteiger partial charge on any atom is 0.410 e. The number of pyridine rings is 2. The molecule has 7 heteroatoms. The predicted octanol–water partition coefficient (Wildman–Crippen LogP) is 3.42. The highest BCUT2D eigenvalue weighted by molar-refractivity contribution is 5.91. The fourth-order valence-corrected chi connectivity index (χ4v) is 2.36. The SMILES string of the molecule is Cc1c(N)cncc1-c1cc2cc(NC(=O)O)ncc2cc1F. The van der Waals surface area contributed by atoms with Crippen LogP contribution in [0.15, 0.2) is 36.8 Å². The summed E-state index contributed by atoms with van der Waals surface area (Å²) in [5.74, 6) is -0.251. The van der Waals surface area contributed by atoms with Gasteiger partial charge in [-0.2, -0.15) is 0 Å². The lowest BCUT2D eigenvalue weighted by molar-refractivity contribution is 0.209. The molecule has 0 saturated carbocycles. The van der Waals surface area contributed by atoms with Crippen molar-refractivity contribution in [2.75, 3.05) is 11.1 Å². The molecule has 0 bridgehead atoms. The molecule has 0 aliphatic heterocycles. The van der Waals surface area contributed by atoms with Gasteiger partial charge >= 0.3 is 6.09 Å². The Bertz CT molecular complexity index is 927. The van der Waals surface area contributed by atoms with Crippen molar-refractivity contribution in [3.63, 3.8) is 0 Å². The molecule has 116 valence electrons. The number of nitrogens with zero attached hydrogens (tertiary/aromatic N) is 2. The lowest BCUT2D eigenvalue weighted by atomic mass is 9.99. The molecule has 0 unspecified atom stereocenters. The smallest absolute Gasteiger partial charge is 0.410 e. The third kappa shape index (κ3) is 2.76. The number of carboxylic acid groups (broad SMARTS) is 1. The van der Waals surface area contributed by atoms with E-state index < -0.39 is 11.9 Å². The van der Waals surface area contributed by atoms with E-state index in [2.05, 4.69) is 15.3 Å². The maximum atomic E-state index is 14.4. The summed E-state index contributed by atoms with van der Waals surface area (Å²) in [5.41, 5.74) is 7.98. The van der Waals surface area contributed by atoms with Crippen molar-refractivity contribution in [2.45, 2.75) is 6.92 Å². The van der Waals surface area contributed by atoms with Crippen LogP contribution in [-0.2, 0) is 0 Å². The Labute approximate surface area is 130 Å². The van der Waals surface area contributed by atoms with Gasteiger partial charge in [-0.25, -0.2) is 14.2 Å². The number of nitrogen functional groups attached to an aromatic ring is 1. The quantitative estimate of drug-likeness (QED) is 0.673. The standard InChI is InChI=1S/C16H13FN4O2/c1-8-12(6-19-7-14(8)18)11-2-9-4-15(21-16(22)23)20-5-10(9)3-13(11)17/h2-7H,18H2,1H3,(H,20,21)(H,22,23). The fourth-order valence-electron chi connectivity index (χ4n) is 2.36. The summed E-state index contributed by atoms with van der Waals surface area (Å²) in [6.45, 7) is 1.79. The Morgan fingerprint density at radius 2 is 1.96 bits per heavy atom. The van der Waals surface area contributed by atoms with E-state index in [1.54, 1.807) is 25.3 Å². The fraction of sp³-hybridized carbons (Fsp3) is 0.0625. The van der Waals surface area contributed by atoms with Gasteiger partial charge in [-0.3, -0.25) is 10.3 Å². The molecule has 3 aromatic rings. The lowest BCUT2D eigenvalue weighted by Gasteiger charge is -2.11. The van der Waals surface area contributed by atoms with Crippen LogP contribution < -0.4 is 11.1 Å². The summed E-state index contributed by atoms with van der Waals surface area (Å²) >= 11 is 0. The first-order valence-electron chi connectivity index (χ1n) is 6.75. The maximum absolute atomic E-state index is 14.4. The van der Waals surface area contributed by atoms with Crippen molar-refractivity contribution in [3.05, 3.63) is 48.2 Å². The van der Waals surface area contributed by atoms with E-state index in [-0.39, 0.29) is 5.82 Å². The first kappa shape index (κ1) is 14.7.